The van der Waals surface area contributed by atoms with E-state index in [2.05, 4.69) is 24.5 Å². The highest BCUT2D eigenvalue weighted by atomic mass is 32.1. The molecular formula is C8H9NOS2. The van der Waals surface area contributed by atoms with Gasteiger partial charge in [0.2, 0.25) is 0 Å². The van der Waals surface area contributed by atoms with Gasteiger partial charge in [-0.25, -0.2) is 0 Å². The van der Waals surface area contributed by atoms with Gasteiger partial charge in [0.1, 0.15) is 0 Å². The van der Waals surface area contributed by atoms with Crippen molar-refractivity contribution in [1.29, 1.82) is 0 Å². The number of hydrogen-bond acceptors (Lipinski definition) is 3. The minimum absolute atomic E-state index is 0.0693. The summed E-state index contributed by atoms with van der Waals surface area (Å²) < 4.78 is 0. The molecule has 0 aliphatic heterocycles. The van der Waals surface area contributed by atoms with Crippen LogP contribution in [-0.2, 0) is 0 Å². The first-order valence-corrected chi connectivity index (χ1v) is 4.73. The van der Waals surface area contributed by atoms with Crippen LogP contribution in [0.5, 0.6) is 0 Å². The van der Waals surface area contributed by atoms with Crippen LogP contribution in [-0.4, -0.2) is 12.5 Å². The van der Waals surface area contributed by atoms with Crippen LogP contribution >= 0.6 is 24.0 Å². The second kappa shape index (κ2) is 4.33. The standard InChI is InChI=1S/C8H9NOS2/c1-2-3-9-8(10)7-4-6(11)5-12-7/h2,4-5,11H,1,3H2,(H,9,10). The van der Waals surface area contributed by atoms with Crippen molar-refractivity contribution in [3.63, 3.8) is 0 Å². The largest absolute Gasteiger partial charge is 0.348 e. The maximum atomic E-state index is 11.2. The van der Waals surface area contributed by atoms with Crippen LogP contribution < -0.4 is 5.32 Å². The molecule has 0 aliphatic rings. The van der Waals surface area contributed by atoms with Crippen molar-refractivity contribution in [3.05, 3.63) is 29.0 Å². The highest BCUT2D eigenvalue weighted by molar-refractivity contribution is 7.80. The lowest BCUT2D eigenvalue weighted by molar-refractivity contribution is 0.0962. The minimum atomic E-state index is -0.0693. The molecule has 0 unspecified atom stereocenters. The van der Waals surface area contributed by atoms with E-state index in [-0.39, 0.29) is 5.91 Å². The van der Waals surface area contributed by atoms with Crippen molar-refractivity contribution in [3.8, 4) is 0 Å². The Hall–Kier alpha value is -0.740. The van der Waals surface area contributed by atoms with Gasteiger partial charge in [0.25, 0.3) is 5.91 Å². The molecule has 0 bridgehead atoms. The van der Waals surface area contributed by atoms with Crippen LogP contribution in [0, 0.1) is 0 Å². The van der Waals surface area contributed by atoms with Crippen LogP contribution in [0.2, 0.25) is 0 Å². The zero-order valence-electron chi connectivity index (χ0n) is 6.41. The molecule has 0 saturated carbocycles. The smallest absolute Gasteiger partial charge is 0.261 e. The van der Waals surface area contributed by atoms with E-state index in [0.717, 1.165) is 4.90 Å². The van der Waals surface area contributed by atoms with E-state index >= 15 is 0 Å². The van der Waals surface area contributed by atoms with Gasteiger partial charge in [0.15, 0.2) is 0 Å². The first kappa shape index (κ1) is 9.35. The van der Waals surface area contributed by atoms with Gasteiger partial charge in [-0.1, -0.05) is 6.08 Å². The van der Waals surface area contributed by atoms with Crippen molar-refractivity contribution in [1.82, 2.24) is 5.32 Å². The molecule has 1 heterocycles. The number of carbonyl (C=O) groups excluding carboxylic acids is 1. The predicted molar refractivity (Wildman–Crippen MR) is 54.1 cm³/mol. The highest BCUT2D eigenvalue weighted by Crippen LogP contribution is 2.16. The van der Waals surface area contributed by atoms with Gasteiger partial charge in [0, 0.05) is 16.8 Å². The van der Waals surface area contributed by atoms with Gasteiger partial charge >= 0.3 is 0 Å². The quantitative estimate of drug-likeness (QED) is 0.565. The van der Waals surface area contributed by atoms with Crippen molar-refractivity contribution in [2.45, 2.75) is 4.90 Å². The Kier molecular flexibility index (Phi) is 3.37. The van der Waals surface area contributed by atoms with E-state index in [1.165, 1.54) is 11.3 Å². The molecule has 64 valence electrons. The number of carbonyl (C=O) groups is 1. The lowest BCUT2D eigenvalue weighted by Gasteiger charge is -1.96. The maximum absolute atomic E-state index is 11.2. The van der Waals surface area contributed by atoms with Crippen LogP contribution in [0.3, 0.4) is 0 Å². The number of rotatable bonds is 3. The molecule has 1 aromatic rings. The summed E-state index contributed by atoms with van der Waals surface area (Å²) in [6, 6.07) is 1.74. The van der Waals surface area contributed by atoms with Crippen molar-refractivity contribution in [2.75, 3.05) is 6.54 Å². The maximum Gasteiger partial charge on any atom is 0.261 e. The summed E-state index contributed by atoms with van der Waals surface area (Å²) in [4.78, 5) is 12.7. The SMILES string of the molecule is C=CCNC(=O)c1cc(S)cs1. The molecule has 0 saturated heterocycles. The Labute approximate surface area is 80.7 Å². The lowest BCUT2D eigenvalue weighted by Crippen LogP contribution is -2.21. The van der Waals surface area contributed by atoms with Crippen molar-refractivity contribution < 1.29 is 4.79 Å². The van der Waals surface area contributed by atoms with E-state index in [1.807, 2.05) is 5.38 Å². The molecule has 2 nitrogen and oxygen atoms in total. The van der Waals surface area contributed by atoms with Gasteiger partial charge < -0.3 is 5.32 Å². The summed E-state index contributed by atoms with van der Waals surface area (Å²) in [7, 11) is 0. The van der Waals surface area contributed by atoms with E-state index in [0.29, 0.717) is 11.4 Å². The van der Waals surface area contributed by atoms with Gasteiger partial charge in [0.05, 0.1) is 4.88 Å². The van der Waals surface area contributed by atoms with Crippen molar-refractivity contribution in [2.24, 2.45) is 0 Å². The second-order valence-electron chi connectivity index (χ2n) is 2.17. The van der Waals surface area contributed by atoms with Gasteiger partial charge in [-0.15, -0.1) is 30.5 Å². The third-order valence-electron chi connectivity index (χ3n) is 1.22. The zero-order chi connectivity index (χ0) is 8.97. The molecule has 0 atom stereocenters. The monoisotopic (exact) mass is 199 g/mol. The summed E-state index contributed by atoms with van der Waals surface area (Å²) in [6.07, 6.45) is 1.65. The summed E-state index contributed by atoms with van der Waals surface area (Å²) in [5, 5.41) is 4.51. The van der Waals surface area contributed by atoms with Crippen LogP contribution in [0.25, 0.3) is 0 Å². The average Bonchev–Trinajstić information content (AvgIpc) is 2.47. The predicted octanol–water partition coefficient (Wildman–Crippen LogP) is 1.95. The Morgan fingerprint density at radius 3 is 3.08 bits per heavy atom. The molecule has 0 fully saturated rings. The molecule has 1 amide bonds. The normalized spacial score (nSPS) is 9.42. The molecule has 0 aromatic carbocycles. The first-order valence-electron chi connectivity index (χ1n) is 3.40. The Morgan fingerprint density at radius 1 is 1.83 bits per heavy atom. The van der Waals surface area contributed by atoms with E-state index < -0.39 is 0 Å². The topological polar surface area (TPSA) is 29.1 Å². The third-order valence-corrected chi connectivity index (χ3v) is 2.58. The van der Waals surface area contributed by atoms with Gasteiger partial charge in [-0.2, -0.15) is 0 Å². The summed E-state index contributed by atoms with van der Waals surface area (Å²) >= 11 is 5.49. The number of hydrogen-bond donors (Lipinski definition) is 2. The number of thiophene rings is 1. The zero-order valence-corrected chi connectivity index (χ0v) is 8.12. The van der Waals surface area contributed by atoms with Crippen molar-refractivity contribution >= 4 is 29.9 Å². The highest BCUT2D eigenvalue weighted by Gasteiger charge is 2.05. The lowest BCUT2D eigenvalue weighted by atomic mass is 10.4. The molecule has 1 rings (SSSR count). The molecule has 4 heteroatoms. The molecule has 1 aromatic heterocycles. The first-order chi connectivity index (χ1) is 5.74. The number of amides is 1. The summed E-state index contributed by atoms with van der Waals surface area (Å²) in [5.74, 6) is -0.0693. The van der Waals surface area contributed by atoms with E-state index in [1.54, 1.807) is 12.1 Å². The molecule has 0 spiro atoms. The molecule has 0 aliphatic carbocycles. The number of nitrogens with one attached hydrogen (secondary N) is 1. The van der Waals surface area contributed by atoms with E-state index in [9.17, 15) is 4.79 Å². The fourth-order valence-electron chi connectivity index (χ4n) is 0.697. The Bertz CT molecular complexity index is 293. The fourth-order valence-corrected chi connectivity index (χ4v) is 1.76. The molecular weight excluding hydrogens is 190 g/mol. The van der Waals surface area contributed by atoms with Crippen LogP contribution in [0.4, 0.5) is 0 Å². The second-order valence-corrected chi connectivity index (χ2v) is 3.60. The van der Waals surface area contributed by atoms with E-state index in [4.69, 9.17) is 0 Å². The van der Waals surface area contributed by atoms with Crippen LogP contribution in [0.15, 0.2) is 29.0 Å². The Balaban J connectivity index is 2.59. The molecule has 0 radical (unpaired) electrons. The Morgan fingerprint density at radius 2 is 2.58 bits per heavy atom. The van der Waals surface area contributed by atoms with Crippen LogP contribution in [0.1, 0.15) is 9.67 Å². The third kappa shape index (κ3) is 2.39. The molecule has 12 heavy (non-hydrogen) atoms. The molecule has 1 N–H and O–H groups in total. The minimum Gasteiger partial charge on any atom is -0.348 e. The van der Waals surface area contributed by atoms with Gasteiger partial charge in [-0.05, 0) is 6.07 Å². The fraction of sp³-hybridized carbons (Fsp3) is 0.125. The average molecular weight is 199 g/mol. The number of thiol groups is 1. The summed E-state index contributed by atoms with van der Waals surface area (Å²) in [5.41, 5.74) is 0. The van der Waals surface area contributed by atoms with Gasteiger partial charge in [-0.3, -0.25) is 4.79 Å². The summed E-state index contributed by atoms with van der Waals surface area (Å²) in [6.45, 7) is 4.00.